The highest BCUT2D eigenvalue weighted by Gasteiger charge is 2.40. The Bertz CT molecular complexity index is 485. The van der Waals surface area contributed by atoms with E-state index in [1.54, 1.807) is 27.9 Å². The Morgan fingerprint density at radius 3 is 2.55 bits per heavy atom. The molecular weight excluding hydrogens is 280 g/mol. The first-order valence-electron chi connectivity index (χ1n) is 6.62. The summed E-state index contributed by atoms with van der Waals surface area (Å²) in [4.78, 5) is 17.2. The maximum absolute atomic E-state index is 12.0. The summed E-state index contributed by atoms with van der Waals surface area (Å²) in [7, 11) is 0.181. The molecule has 0 aromatic heterocycles. The van der Waals surface area contributed by atoms with Crippen LogP contribution in [0.1, 0.15) is 20.3 Å². The van der Waals surface area contributed by atoms with Gasteiger partial charge < -0.3 is 15.5 Å². The van der Waals surface area contributed by atoms with Crippen LogP contribution in [0, 0.1) is 0 Å². The number of amides is 1. The molecule has 0 aromatic rings. The number of rotatable bonds is 3. The predicted octanol–water partition coefficient (Wildman–Crippen LogP) is -0.793. The van der Waals surface area contributed by atoms with Crippen LogP contribution in [0.2, 0.25) is 0 Å². The number of carbonyl (C=O) groups excluding carboxylic acids is 1. The van der Waals surface area contributed by atoms with E-state index >= 15 is 0 Å². The highest BCUT2D eigenvalue weighted by atomic mass is 32.2. The second-order valence-electron chi connectivity index (χ2n) is 5.40. The highest BCUT2D eigenvalue weighted by molar-refractivity contribution is 7.92. The Hall–Kier alpha value is -1.31. The minimum Gasteiger partial charge on any atom is -0.359 e. The van der Waals surface area contributed by atoms with Crippen molar-refractivity contribution >= 4 is 21.7 Å². The number of hydrogen-bond acceptors (Lipinski definition) is 4. The molecule has 0 aromatic carbocycles. The van der Waals surface area contributed by atoms with Crippen LogP contribution in [0.25, 0.3) is 0 Å². The van der Waals surface area contributed by atoms with Crippen molar-refractivity contribution in [3.05, 3.63) is 0 Å². The zero-order valence-corrected chi connectivity index (χ0v) is 13.4. The molecule has 1 aliphatic rings. The fraction of sp³-hybridized carbons (Fsp3) is 0.833. The zero-order valence-electron chi connectivity index (χ0n) is 12.6. The van der Waals surface area contributed by atoms with E-state index in [0.29, 0.717) is 32.0 Å². The van der Waals surface area contributed by atoms with Gasteiger partial charge in [-0.1, -0.05) is 0 Å². The summed E-state index contributed by atoms with van der Waals surface area (Å²) < 4.78 is 23.1. The van der Waals surface area contributed by atoms with Crippen molar-refractivity contribution in [3.63, 3.8) is 0 Å². The lowest BCUT2D eigenvalue weighted by Gasteiger charge is -2.39. The Kier molecular flexibility index (Phi) is 5.38. The van der Waals surface area contributed by atoms with Crippen LogP contribution in [0.15, 0.2) is 4.99 Å². The normalized spacial score (nSPS) is 21.4. The second kappa shape index (κ2) is 6.43. The Balaban J connectivity index is 2.62. The summed E-state index contributed by atoms with van der Waals surface area (Å²) in [6, 6.07) is 0. The summed E-state index contributed by atoms with van der Waals surface area (Å²) in [6.07, 6.45) is 0.352. The lowest BCUT2D eigenvalue weighted by atomic mass is 10.2. The minimum atomic E-state index is -3.06. The number of sulfone groups is 1. The van der Waals surface area contributed by atoms with Gasteiger partial charge in [0.25, 0.3) is 0 Å². The number of aliphatic imine (C=N–C) groups is 1. The van der Waals surface area contributed by atoms with E-state index in [1.807, 2.05) is 4.90 Å². The van der Waals surface area contributed by atoms with E-state index in [9.17, 15) is 13.2 Å². The molecule has 7 nitrogen and oxygen atoms in total. The summed E-state index contributed by atoms with van der Waals surface area (Å²) in [5, 5.41) is 5.64. The summed E-state index contributed by atoms with van der Waals surface area (Å²) in [5.74, 6) is 0.710. The molecule has 1 heterocycles. The van der Waals surface area contributed by atoms with Crippen LogP contribution in [0.5, 0.6) is 0 Å². The van der Waals surface area contributed by atoms with Gasteiger partial charge in [-0.25, -0.2) is 8.42 Å². The summed E-state index contributed by atoms with van der Waals surface area (Å²) in [6.45, 7) is 4.75. The van der Waals surface area contributed by atoms with Crippen LogP contribution in [0.3, 0.4) is 0 Å². The van der Waals surface area contributed by atoms with Crippen molar-refractivity contribution in [2.45, 2.75) is 25.0 Å². The molecule has 0 radical (unpaired) electrons. The Morgan fingerprint density at radius 1 is 1.40 bits per heavy atom. The van der Waals surface area contributed by atoms with Crippen LogP contribution in [0.4, 0.5) is 0 Å². The quantitative estimate of drug-likeness (QED) is 0.526. The molecule has 0 saturated carbocycles. The molecule has 0 bridgehead atoms. The van der Waals surface area contributed by atoms with Gasteiger partial charge in [0.2, 0.25) is 5.91 Å². The smallest absolute Gasteiger partial charge is 0.221 e. The van der Waals surface area contributed by atoms with Gasteiger partial charge >= 0.3 is 0 Å². The van der Waals surface area contributed by atoms with E-state index in [4.69, 9.17) is 0 Å². The fourth-order valence-corrected chi connectivity index (χ4v) is 3.44. The van der Waals surface area contributed by atoms with E-state index in [-0.39, 0.29) is 11.7 Å². The lowest BCUT2D eigenvalue weighted by molar-refractivity contribution is -0.120. The molecule has 8 heteroatoms. The average Bonchev–Trinajstić information content (AvgIpc) is 2.38. The molecular formula is C12H24N4O3S. The molecule has 0 aliphatic carbocycles. The first-order valence-corrected chi connectivity index (χ1v) is 8.27. The first-order chi connectivity index (χ1) is 9.23. The van der Waals surface area contributed by atoms with Gasteiger partial charge in [0.1, 0.15) is 0 Å². The first kappa shape index (κ1) is 16.7. The largest absolute Gasteiger partial charge is 0.359 e. The molecule has 0 spiro atoms. The third-order valence-corrected chi connectivity index (χ3v) is 6.00. The van der Waals surface area contributed by atoms with E-state index in [0.717, 1.165) is 0 Å². The molecule has 1 fully saturated rings. The van der Waals surface area contributed by atoms with Crippen molar-refractivity contribution in [1.29, 1.82) is 0 Å². The molecule has 1 rings (SSSR count). The lowest BCUT2D eigenvalue weighted by Crippen LogP contribution is -2.57. The summed E-state index contributed by atoms with van der Waals surface area (Å²) in [5.41, 5.74) is 0. The number of carbonyl (C=O) groups is 1. The SMILES string of the molecule is CN=C(NCCC(=O)NC)N1CCS(=O)(=O)C(C)(C)C1. The van der Waals surface area contributed by atoms with Crippen molar-refractivity contribution < 1.29 is 13.2 Å². The maximum Gasteiger partial charge on any atom is 0.221 e. The number of nitrogens with zero attached hydrogens (tertiary/aromatic N) is 2. The number of hydrogen-bond donors (Lipinski definition) is 2. The van der Waals surface area contributed by atoms with Gasteiger partial charge in [-0.2, -0.15) is 0 Å². The molecule has 2 N–H and O–H groups in total. The third-order valence-electron chi connectivity index (χ3n) is 3.47. The van der Waals surface area contributed by atoms with Crippen molar-refractivity contribution in [2.75, 3.05) is 39.5 Å². The van der Waals surface area contributed by atoms with Crippen molar-refractivity contribution in [2.24, 2.45) is 4.99 Å². The Morgan fingerprint density at radius 2 is 2.05 bits per heavy atom. The minimum absolute atomic E-state index is 0.0468. The van der Waals surface area contributed by atoms with Gasteiger partial charge in [-0.05, 0) is 13.8 Å². The molecule has 20 heavy (non-hydrogen) atoms. The summed E-state index contributed by atoms with van der Waals surface area (Å²) >= 11 is 0. The van der Waals surface area contributed by atoms with Crippen molar-refractivity contribution in [3.8, 4) is 0 Å². The van der Waals surface area contributed by atoms with Gasteiger partial charge in [-0.3, -0.25) is 9.79 Å². The predicted molar refractivity (Wildman–Crippen MR) is 79.5 cm³/mol. The standard InChI is InChI=1S/C12H24N4O3S/c1-12(2)9-16(7-8-20(12,18)19)11(14-4)15-6-5-10(17)13-3/h5-9H2,1-4H3,(H,13,17)(H,14,15). The average molecular weight is 304 g/mol. The zero-order chi connectivity index (χ0) is 15.4. The maximum atomic E-state index is 12.0. The molecule has 1 aliphatic heterocycles. The van der Waals surface area contributed by atoms with Crippen LogP contribution in [-0.4, -0.2) is 69.4 Å². The van der Waals surface area contributed by atoms with Gasteiger partial charge in [0.15, 0.2) is 15.8 Å². The van der Waals surface area contributed by atoms with Gasteiger partial charge in [0, 0.05) is 40.2 Å². The Labute approximate surface area is 120 Å². The molecule has 116 valence electrons. The fourth-order valence-electron chi connectivity index (χ4n) is 2.07. The van der Waals surface area contributed by atoms with Gasteiger partial charge in [0.05, 0.1) is 10.5 Å². The monoisotopic (exact) mass is 304 g/mol. The topological polar surface area (TPSA) is 90.9 Å². The molecule has 1 amide bonds. The van der Waals surface area contributed by atoms with Crippen LogP contribution >= 0.6 is 0 Å². The van der Waals surface area contributed by atoms with Crippen LogP contribution in [-0.2, 0) is 14.6 Å². The number of guanidine groups is 1. The molecule has 0 unspecified atom stereocenters. The van der Waals surface area contributed by atoms with Gasteiger partial charge in [-0.15, -0.1) is 0 Å². The van der Waals surface area contributed by atoms with Crippen molar-refractivity contribution in [1.82, 2.24) is 15.5 Å². The van der Waals surface area contributed by atoms with Crippen LogP contribution < -0.4 is 10.6 Å². The molecule has 1 saturated heterocycles. The third kappa shape index (κ3) is 3.84. The van der Waals surface area contributed by atoms with E-state index in [1.165, 1.54) is 0 Å². The van der Waals surface area contributed by atoms with E-state index in [2.05, 4.69) is 15.6 Å². The molecule has 0 atom stereocenters. The second-order valence-corrected chi connectivity index (χ2v) is 8.14. The van der Waals surface area contributed by atoms with E-state index < -0.39 is 14.6 Å². The number of nitrogens with one attached hydrogen (secondary N) is 2. The highest BCUT2D eigenvalue weighted by Crippen LogP contribution is 2.23.